The molecule has 0 unspecified atom stereocenters. The van der Waals surface area contributed by atoms with Crippen LogP contribution in [-0.4, -0.2) is 4.57 Å². The van der Waals surface area contributed by atoms with E-state index < -0.39 is 5.41 Å². The number of fused-ring (bicyclic) bond motifs is 15. The molecule has 0 amide bonds. The van der Waals surface area contributed by atoms with Crippen molar-refractivity contribution in [3.63, 3.8) is 0 Å². The van der Waals surface area contributed by atoms with Crippen molar-refractivity contribution in [1.29, 1.82) is 0 Å². The fourth-order valence-electron chi connectivity index (χ4n) is 13.7. The van der Waals surface area contributed by atoms with Gasteiger partial charge in [0, 0.05) is 55.5 Å². The monoisotopic (exact) mass is 930 g/mol. The van der Waals surface area contributed by atoms with E-state index in [1.807, 2.05) is 0 Å². The minimum atomic E-state index is -0.657. The van der Waals surface area contributed by atoms with Gasteiger partial charge in [-0.1, -0.05) is 196 Å². The topological polar surface area (TPSA) is 21.3 Å². The Hall–Kier alpha value is -9.18. The molecule has 1 spiro atoms. The summed E-state index contributed by atoms with van der Waals surface area (Å²) in [7, 11) is 0. The molecule has 16 rings (SSSR count). The molecule has 3 aliphatic rings. The van der Waals surface area contributed by atoms with Crippen LogP contribution in [0.1, 0.15) is 47.2 Å². The lowest BCUT2D eigenvalue weighted by Crippen LogP contribution is -2.40. The highest BCUT2D eigenvalue weighted by Crippen LogP contribution is 2.67. The summed E-state index contributed by atoms with van der Waals surface area (Å²) in [6.45, 7) is 4.83. The van der Waals surface area contributed by atoms with Crippen molar-refractivity contribution < 1.29 is 4.42 Å². The van der Waals surface area contributed by atoms with Crippen LogP contribution in [0, 0.1) is 0 Å². The third-order valence-corrected chi connectivity index (χ3v) is 16.7. The van der Waals surface area contributed by atoms with Gasteiger partial charge in [0.2, 0.25) is 0 Å². The van der Waals surface area contributed by atoms with Gasteiger partial charge in [-0.3, -0.25) is 0 Å². The zero-order valence-electron chi connectivity index (χ0n) is 40.4. The number of aromatic nitrogens is 1. The molecule has 2 aliphatic carbocycles. The molecule has 0 saturated carbocycles. The average molecular weight is 931 g/mol. The molecule has 3 heterocycles. The van der Waals surface area contributed by atoms with Gasteiger partial charge in [0.1, 0.15) is 11.2 Å². The molecular weight excluding hydrogens is 885 g/mol. The van der Waals surface area contributed by atoms with Crippen LogP contribution in [0.2, 0.25) is 0 Å². The van der Waals surface area contributed by atoms with E-state index in [9.17, 15) is 0 Å². The van der Waals surface area contributed by atoms with E-state index >= 15 is 0 Å². The molecule has 0 N–H and O–H groups in total. The zero-order valence-corrected chi connectivity index (χ0v) is 40.4. The maximum absolute atomic E-state index is 6.80. The highest BCUT2D eigenvalue weighted by Gasteiger charge is 2.55. The number of nitrogens with zero attached hydrogens (tertiary/aromatic N) is 2. The van der Waals surface area contributed by atoms with E-state index in [0.717, 1.165) is 61.3 Å². The second-order valence-electron chi connectivity index (χ2n) is 20.7. The van der Waals surface area contributed by atoms with Crippen LogP contribution in [0.3, 0.4) is 0 Å². The average Bonchev–Trinajstić information content (AvgIpc) is 4.09. The van der Waals surface area contributed by atoms with Crippen molar-refractivity contribution >= 4 is 60.8 Å². The van der Waals surface area contributed by atoms with Gasteiger partial charge in [0.25, 0.3) is 0 Å². The lowest BCUT2D eigenvalue weighted by Gasteiger charge is -2.47. The van der Waals surface area contributed by atoms with Crippen molar-refractivity contribution in [3.8, 4) is 50.2 Å². The number of hydrogen-bond acceptors (Lipinski definition) is 2. The Bertz CT molecular complexity index is 4370. The molecule has 0 bridgehead atoms. The second-order valence-corrected chi connectivity index (χ2v) is 20.7. The third-order valence-electron chi connectivity index (χ3n) is 16.7. The molecule has 2 aromatic heterocycles. The van der Waals surface area contributed by atoms with E-state index in [1.54, 1.807) is 0 Å². The first kappa shape index (κ1) is 40.5. The first-order valence-corrected chi connectivity index (χ1v) is 25.5. The predicted molar refractivity (Wildman–Crippen MR) is 302 cm³/mol. The van der Waals surface area contributed by atoms with Gasteiger partial charge in [0.15, 0.2) is 0 Å². The Balaban J connectivity index is 1.13. The Morgan fingerprint density at radius 2 is 0.959 bits per heavy atom. The summed E-state index contributed by atoms with van der Waals surface area (Å²) in [5.74, 6) is 0. The fourth-order valence-corrected chi connectivity index (χ4v) is 13.7. The molecule has 342 valence electrons. The molecule has 0 atom stereocenters. The first-order valence-electron chi connectivity index (χ1n) is 25.5. The van der Waals surface area contributed by atoms with E-state index in [4.69, 9.17) is 4.42 Å². The number of rotatable bonds is 5. The van der Waals surface area contributed by atoms with Crippen molar-refractivity contribution in [2.45, 2.75) is 24.7 Å². The molecule has 0 saturated heterocycles. The zero-order chi connectivity index (χ0) is 48.2. The molecular formula is C70H46N2O. The molecule has 11 aromatic carbocycles. The van der Waals surface area contributed by atoms with Gasteiger partial charge in [-0.15, -0.1) is 0 Å². The van der Waals surface area contributed by atoms with Crippen LogP contribution in [-0.2, 0) is 10.8 Å². The SMILES string of the molecule is CC1(C)c2ccccc2C2(c3ccccc31)c1cccc3c1-c1c2cc(N(c2cc(-c4ccccc4)cc(-c4ccccc4)c2)c2ccc4c(c2)oc2ccccc24)c2c4ccccc4n(c12)-c1ccccc1-3. The largest absolute Gasteiger partial charge is 0.456 e. The minimum absolute atomic E-state index is 0.246. The Labute approximate surface area is 423 Å². The van der Waals surface area contributed by atoms with Crippen molar-refractivity contribution in [1.82, 2.24) is 4.57 Å². The van der Waals surface area contributed by atoms with E-state index in [-0.39, 0.29) is 5.41 Å². The molecule has 0 fully saturated rings. The number of furan rings is 1. The minimum Gasteiger partial charge on any atom is -0.456 e. The molecule has 3 nitrogen and oxygen atoms in total. The van der Waals surface area contributed by atoms with Crippen molar-refractivity contribution in [2.75, 3.05) is 4.90 Å². The van der Waals surface area contributed by atoms with Crippen LogP contribution >= 0.6 is 0 Å². The van der Waals surface area contributed by atoms with Gasteiger partial charge < -0.3 is 13.9 Å². The lowest BCUT2D eigenvalue weighted by molar-refractivity contribution is 0.563. The third kappa shape index (κ3) is 5.33. The Morgan fingerprint density at radius 1 is 0.384 bits per heavy atom. The van der Waals surface area contributed by atoms with Crippen LogP contribution < -0.4 is 4.90 Å². The number of hydrogen-bond donors (Lipinski definition) is 0. The summed E-state index contributed by atoms with van der Waals surface area (Å²) in [6.07, 6.45) is 0. The maximum Gasteiger partial charge on any atom is 0.137 e. The van der Waals surface area contributed by atoms with Crippen LogP contribution in [0.25, 0.3) is 93.9 Å². The predicted octanol–water partition coefficient (Wildman–Crippen LogP) is 18.5. The van der Waals surface area contributed by atoms with E-state index in [0.29, 0.717) is 0 Å². The molecule has 1 aliphatic heterocycles. The first-order chi connectivity index (χ1) is 36.0. The molecule has 3 heteroatoms. The van der Waals surface area contributed by atoms with E-state index in [1.165, 1.54) is 83.1 Å². The number of anilines is 3. The summed E-state index contributed by atoms with van der Waals surface area (Å²) < 4.78 is 9.40. The second kappa shape index (κ2) is 14.7. The maximum atomic E-state index is 6.80. The summed E-state index contributed by atoms with van der Waals surface area (Å²) >= 11 is 0. The van der Waals surface area contributed by atoms with Crippen LogP contribution in [0.4, 0.5) is 17.1 Å². The fraction of sp³-hybridized carbons (Fsp3) is 0.0571. The summed E-state index contributed by atoms with van der Waals surface area (Å²) in [6, 6.07) is 90.6. The number of para-hydroxylation sites is 3. The van der Waals surface area contributed by atoms with E-state index in [2.05, 4.69) is 266 Å². The molecule has 0 radical (unpaired) electrons. The normalized spacial score (nSPS) is 14.1. The molecule has 73 heavy (non-hydrogen) atoms. The summed E-state index contributed by atoms with van der Waals surface area (Å²) in [5, 5.41) is 4.62. The van der Waals surface area contributed by atoms with Gasteiger partial charge in [0.05, 0.1) is 27.8 Å². The van der Waals surface area contributed by atoms with Gasteiger partial charge in [-0.2, -0.15) is 0 Å². The highest BCUT2D eigenvalue weighted by molar-refractivity contribution is 6.24. The quantitative estimate of drug-likeness (QED) is 0.171. The van der Waals surface area contributed by atoms with Gasteiger partial charge in [-0.05, 0) is 121 Å². The van der Waals surface area contributed by atoms with Gasteiger partial charge >= 0.3 is 0 Å². The van der Waals surface area contributed by atoms with Gasteiger partial charge in [-0.25, -0.2) is 0 Å². The smallest absolute Gasteiger partial charge is 0.137 e. The summed E-state index contributed by atoms with van der Waals surface area (Å²) in [4.78, 5) is 2.55. The standard InChI is InChI=1S/C70H46N2O/c1-69(2)54-28-12-14-30-56(54)70(57-31-15-13-29-55(57)69)58-32-19-27-52-49-24-9-16-33-60(49)72-61-34-17-10-26-53(61)66-62(42-59(70)67(65(52)58)68(66)72)71(47-36-37-51-50-25-11-18-35-63(50)73-64(51)41-47)48-39-45(43-20-5-3-6-21-43)38-46(40-48)44-22-7-4-8-23-44/h3-42H,1-2H3. The van der Waals surface area contributed by atoms with Crippen LogP contribution in [0.5, 0.6) is 0 Å². The Kier molecular flexibility index (Phi) is 8.16. The Morgan fingerprint density at radius 3 is 1.68 bits per heavy atom. The number of benzene rings is 11. The highest BCUT2D eigenvalue weighted by atomic mass is 16.3. The molecule has 13 aromatic rings. The lowest BCUT2D eigenvalue weighted by atomic mass is 9.55. The van der Waals surface area contributed by atoms with Crippen LogP contribution in [0.15, 0.2) is 247 Å². The van der Waals surface area contributed by atoms with Crippen molar-refractivity contribution in [3.05, 3.63) is 276 Å². The van der Waals surface area contributed by atoms with Crippen molar-refractivity contribution in [2.24, 2.45) is 0 Å². The summed E-state index contributed by atoms with van der Waals surface area (Å²) in [5.41, 5.74) is 25.3.